The minimum absolute atomic E-state index is 0.790. The average molecular weight is 254 g/mol. The van der Waals surface area contributed by atoms with E-state index in [-0.39, 0.29) is 0 Å². The first-order valence-electron chi connectivity index (χ1n) is 7.61. The van der Waals surface area contributed by atoms with Crippen LogP contribution in [0.4, 0.5) is 0 Å². The lowest BCUT2D eigenvalue weighted by molar-refractivity contribution is 0.111. The second kappa shape index (κ2) is 6.85. The zero-order chi connectivity index (χ0) is 13.0. The molecule has 2 fully saturated rings. The van der Waals surface area contributed by atoms with E-state index in [1.54, 1.807) is 0 Å². The van der Waals surface area contributed by atoms with Crippen molar-refractivity contribution in [3.63, 3.8) is 0 Å². The van der Waals surface area contributed by atoms with Gasteiger partial charge in [-0.25, -0.2) is 0 Å². The maximum Gasteiger partial charge on any atom is 0.0115 e. The van der Waals surface area contributed by atoms with Crippen molar-refractivity contribution in [1.82, 2.24) is 14.7 Å². The zero-order valence-corrected chi connectivity index (χ0v) is 12.1. The molecule has 0 spiro atoms. The number of likely N-dealkylation sites (tertiary alicyclic amines) is 1. The Labute approximate surface area is 112 Å². The van der Waals surface area contributed by atoms with E-state index in [9.17, 15) is 0 Å². The molecule has 0 aliphatic carbocycles. The van der Waals surface area contributed by atoms with Crippen LogP contribution >= 0.6 is 0 Å². The predicted octanol–water partition coefficient (Wildman–Crippen LogP) is 0.436. The summed E-state index contributed by atoms with van der Waals surface area (Å²) < 4.78 is 0. The Balaban J connectivity index is 1.66. The number of hydrogen-bond donors (Lipinski definition) is 1. The molecular formula is C14H30N4. The van der Waals surface area contributed by atoms with Gasteiger partial charge in [-0.05, 0) is 26.7 Å². The molecule has 2 aliphatic rings. The van der Waals surface area contributed by atoms with Crippen LogP contribution in [0.5, 0.6) is 0 Å². The van der Waals surface area contributed by atoms with Gasteiger partial charge in [-0.2, -0.15) is 0 Å². The van der Waals surface area contributed by atoms with Crippen LogP contribution in [0.15, 0.2) is 0 Å². The van der Waals surface area contributed by atoms with E-state index in [1.165, 1.54) is 52.1 Å². The second-order valence-electron chi connectivity index (χ2n) is 5.99. The van der Waals surface area contributed by atoms with Gasteiger partial charge in [-0.1, -0.05) is 0 Å². The SMILES string of the molecule is CC1CCC(C)N1CCN1CCN(CCN)CC1. The van der Waals surface area contributed by atoms with Crippen molar-refractivity contribution in [3.05, 3.63) is 0 Å². The van der Waals surface area contributed by atoms with Gasteiger partial charge in [0.15, 0.2) is 0 Å². The number of piperazine rings is 1. The number of nitrogens with two attached hydrogens (primary N) is 1. The first-order valence-corrected chi connectivity index (χ1v) is 7.61. The van der Waals surface area contributed by atoms with E-state index in [0.29, 0.717) is 0 Å². The first-order chi connectivity index (χ1) is 8.70. The second-order valence-corrected chi connectivity index (χ2v) is 5.99. The molecule has 2 N–H and O–H groups in total. The fraction of sp³-hybridized carbons (Fsp3) is 1.00. The molecule has 0 saturated carbocycles. The van der Waals surface area contributed by atoms with Crippen LogP contribution < -0.4 is 5.73 Å². The van der Waals surface area contributed by atoms with Crippen molar-refractivity contribution >= 4 is 0 Å². The molecular weight excluding hydrogens is 224 g/mol. The summed E-state index contributed by atoms with van der Waals surface area (Å²) >= 11 is 0. The van der Waals surface area contributed by atoms with Crippen molar-refractivity contribution in [1.29, 1.82) is 0 Å². The largest absolute Gasteiger partial charge is 0.329 e. The molecule has 4 heteroatoms. The van der Waals surface area contributed by atoms with E-state index >= 15 is 0 Å². The van der Waals surface area contributed by atoms with Gasteiger partial charge in [-0.3, -0.25) is 14.7 Å². The molecule has 4 nitrogen and oxygen atoms in total. The Kier molecular flexibility index (Phi) is 5.42. The van der Waals surface area contributed by atoms with Crippen LogP contribution in [0.25, 0.3) is 0 Å². The van der Waals surface area contributed by atoms with Crippen molar-refractivity contribution in [2.24, 2.45) is 5.73 Å². The van der Waals surface area contributed by atoms with Crippen molar-refractivity contribution in [3.8, 4) is 0 Å². The third kappa shape index (κ3) is 3.67. The molecule has 0 aromatic heterocycles. The standard InChI is InChI=1S/C14H30N4/c1-13-3-4-14(2)18(13)12-11-17-9-7-16(6-5-15)8-10-17/h13-14H,3-12,15H2,1-2H3. The Bertz CT molecular complexity index is 228. The highest BCUT2D eigenvalue weighted by Crippen LogP contribution is 2.22. The number of hydrogen-bond acceptors (Lipinski definition) is 4. The van der Waals surface area contributed by atoms with Gasteiger partial charge in [0.2, 0.25) is 0 Å². The van der Waals surface area contributed by atoms with Crippen molar-refractivity contribution in [2.75, 3.05) is 52.4 Å². The summed E-state index contributed by atoms with van der Waals surface area (Å²) in [6.45, 7) is 13.9. The third-order valence-electron chi connectivity index (χ3n) is 4.72. The van der Waals surface area contributed by atoms with Crippen molar-refractivity contribution in [2.45, 2.75) is 38.8 Å². The summed E-state index contributed by atoms with van der Waals surface area (Å²) in [7, 11) is 0. The molecule has 18 heavy (non-hydrogen) atoms. The Morgan fingerprint density at radius 1 is 0.833 bits per heavy atom. The van der Waals surface area contributed by atoms with Crippen LogP contribution in [-0.2, 0) is 0 Å². The third-order valence-corrected chi connectivity index (χ3v) is 4.72. The predicted molar refractivity (Wildman–Crippen MR) is 76.8 cm³/mol. The minimum atomic E-state index is 0.790. The van der Waals surface area contributed by atoms with Crippen LogP contribution in [-0.4, -0.2) is 79.1 Å². The molecule has 2 saturated heterocycles. The van der Waals surface area contributed by atoms with Gasteiger partial charge >= 0.3 is 0 Å². The van der Waals surface area contributed by atoms with Crippen LogP contribution in [0.2, 0.25) is 0 Å². The molecule has 2 rings (SSSR count). The Morgan fingerprint density at radius 3 is 1.83 bits per heavy atom. The number of nitrogens with zero attached hydrogens (tertiary/aromatic N) is 3. The summed E-state index contributed by atoms with van der Waals surface area (Å²) in [5.41, 5.74) is 5.60. The van der Waals surface area contributed by atoms with E-state index < -0.39 is 0 Å². The first kappa shape index (κ1) is 14.3. The van der Waals surface area contributed by atoms with E-state index in [0.717, 1.165) is 25.2 Å². The van der Waals surface area contributed by atoms with Gasteiger partial charge < -0.3 is 5.73 Å². The lowest BCUT2D eigenvalue weighted by Gasteiger charge is -2.36. The summed E-state index contributed by atoms with van der Waals surface area (Å²) in [6.07, 6.45) is 2.76. The highest BCUT2D eigenvalue weighted by Gasteiger charge is 2.27. The molecule has 106 valence electrons. The zero-order valence-electron chi connectivity index (χ0n) is 12.1. The van der Waals surface area contributed by atoms with Gasteiger partial charge in [0.05, 0.1) is 0 Å². The van der Waals surface area contributed by atoms with E-state index in [2.05, 4.69) is 28.5 Å². The fourth-order valence-corrected chi connectivity index (χ4v) is 3.37. The molecule has 2 atom stereocenters. The van der Waals surface area contributed by atoms with E-state index in [4.69, 9.17) is 5.73 Å². The topological polar surface area (TPSA) is 35.7 Å². The average Bonchev–Trinajstić information content (AvgIpc) is 2.69. The maximum atomic E-state index is 5.60. The fourth-order valence-electron chi connectivity index (χ4n) is 3.37. The van der Waals surface area contributed by atoms with Crippen LogP contribution in [0.3, 0.4) is 0 Å². The Morgan fingerprint density at radius 2 is 1.33 bits per heavy atom. The molecule has 0 bridgehead atoms. The van der Waals surface area contributed by atoms with Gasteiger partial charge in [0.25, 0.3) is 0 Å². The van der Waals surface area contributed by atoms with Crippen LogP contribution in [0.1, 0.15) is 26.7 Å². The monoisotopic (exact) mass is 254 g/mol. The van der Waals surface area contributed by atoms with Crippen LogP contribution in [0, 0.1) is 0 Å². The smallest absolute Gasteiger partial charge is 0.0115 e. The normalized spacial score (nSPS) is 32.2. The highest BCUT2D eigenvalue weighted by molar-refractivity contribution is 4.83. The maximum absolute atomic E-state index is 5.60. The molecule has 2 unspecified atom stereocenters. The minimum Gasteiger partial charge on any atom is -0.329 e. The van der Waals surface area contributed by atoms with Crippen molar-refractivity contribution < 1.29 is 0 Å². The van der Waals surface area contributed by atoms with E-state index in [1.807, 2.05) is 0 Å². The lowest BCUT2D eigenvalue weighted by Crippen LogP contribution is -2.50. The summed E-state index contributed by atoms with van der Waals surface area (Å²) in [6, 6.07) is 1.58. The summed E-state index contributed by atoms with van der Waals surface area (Å²) in [5.74, 6) is 0. The van der Waals surface area contributed by atoms with Gasteiger partial charge in [0.1, 0.15) is 0 Å². The summed E-state index contributed by atoms with van der Waals surface area (Å²) in [5, 5.41) is 0. The molecule has 2 aliphatic heterocycles. The molecule has 0 radical (unpaired) electrons. The lowest BCUT2D eigenvalue weighted by atomic mass is 10.2. The van der Waals surface area contributed by atoms with Gasteiger partial charge in [-0.15, -0.1) is 0 Å². The molecule has 0 amide bonds. The number of rotatable bonds is 5. The molecule has 0 aromatic rings. The highest BCUT2D eigenvalue weighted by atomic mass is 15.3. The molecule has 2 heterocycles. The summed E-state index contributed by atoms with van der Waals surface area (Å²) in [4.78, 5) is 7.79. The molecule has 0 aromatic carbocycles. The Hall–Kier alpha value is -0.160. The quantitative estimate of drug-likeness (QED) is 0.772. The van der Waals surface area contributed by atoms with Gasteiger partial charge in [0, 0.05) is 64.4 Å².